The van der Waals surface area contributed by atoms with Gasteiger partial charge in [-0.05, 0) is 29.8 Å². The molecule has 5 rings (SSSR count). The van der Waals surface area contributed by atoms with Crippen molar-refractivity contribution in [3.05, 3.63) is 89.2 Å². The molecule has 31 heavy (non-hydrogen) atoms. The van der Waals surface area contributed by atoms with Crippen molar-refractivity contribution in [1.29, 1.82) is 0 Å². The number of benzene rings is 2. The van der Waals surface area contributed by atoms with Gasteiger partial charge in [0.05, 0.1) is 29.4 Å². The summed E-state index contributed by atoms with van der Waals surface area (Å²) in [6.07, 6.45) is 3.17. The molecule has 3 amide bonds. The third kappa shape index (κ3) is 3.24. The Morgan fingerprint density at radius 2 is 1.74 bits per heavy atom. The van der Waals surface area contributed by atoms with Gasteiger partial charge in [-0.3, -0.25) is 19.3 Å². The lowest BCUT2D eigenvalue weighted by atomic mass is 10.1. The predicted octanol–water partition coefficient (Wildman–Crippen LogP) is 2.96. The van der Waals surface area contributed by atoms with E-state index in [0.717, 1.165) is 15.8 Å². The Kier molecular flexibility index (Phi) is 4.32. The highest BCUT2D eigenvalue weighted by molar-refractivity contribution is 6.21. The maximum absolute atomic E-state index is 12.7. The van der Waals surface area contributed by atoms with Crippen molar-refractivity contribution in [2.24, 2.45) is 0 Å². The summed E-state index contributed by atoms with van der Waals surface area (Å²) in [6, 6.07) is 16.3. The lowest BCUT2D eigenvalue weighted by molar-refractivity contribution is 0.0692. The molecule has 3 heterocycles. The molecule has 0 unspecified atom stereocenters. The van der Waals surface area contributed by atoms with E-state index in [-0.39, 0.29) is 23.3 Å². The number of hydrogen-bond donors (Lipinski definition) is 1. The quantitative estimate of drug-likeness (QED) is 0.521. The van der Waals surface area contributed by atoms with E-state index in [1.54, 1.807) is 29.1 Å². The van der Waals surface area contributed by atoms with Crippen LogP contribution in [0.3, 0.4) is 0 Å². The summed E-state index contributed by atoms with van der Waals surface area (Å²) in [6.45, 7) is 0.583. The van der Waals surface area contributed by atoms with Crippen LogP contribution in [0.5, 0.6) is 0 Å². The summed E-state index contributed by atoms with van der Waals surface area (Å²) >= 11 is 0. The van der Waals surface area contributed by atoms with Crippen LogP contribution in [-0.4, -0.2) is 44.4 Å². The number of anilines is 1. The topological polar surface area (TPSA) is 97.2 Å². The molecule has 8 nitrogen and oxygen atoms in total. The molecule has 0 fully saturated rings. The number of fused-ring (bicyclic) bond motifs is 2. The molecule has 2 aromatic heterocycles. The highest BCUT2D eigenvalue weighted by Crippen LogP contribution is 2.25. The molecular weight excluding hydrogens is 394 g/mol. The summed E-state index contributed by atoms with van der Waals surface area (Å²) in [4.78, 5) is 42.4. The molecule has 2 aromatic carbocycles. The molecule has 8 heteroatoms. The van der Waals surface area contributed by atoms with Gasteiger partial charge in [-0.2, -0.15) is 5.10 Å². The van der Waals surface area contributed by atoms with E-state index in [1.165, 1.54) is 19.3 Å². The Labute approximate surface area is 177 Å². The highest BCUT2D eigenvalue weighted by atomic mass is 16.2. The minimum atomic E-state index is -0.384. The number of nitrogens with one attached hydrogen (secondary N) is 1. The van der Waals surface area contributed by atoms with Crippen LogP contribution in [0.25, 0.3) is 11.0 Å². The summed E-state index contributed by atoms with van der Waals surface area (Å²) in [7, 11) is 1.43. The number of hydrogen-bond acceptors (Lipinski definition) is 5. The van der Waals surface area contributed by atoms with Crippen molar-refractivity contribution in [3.8, 4) is 0 Å². The summed E-state index contributed by atoms with van der Waals surface area (Å²) in [5.41, 5.74) is 3.20. The second-order valence-corrected chi connectivity index (χ2v) is 7.31. The smallest absolute Gasteiger partial charge is 0.261 e. The largest absolute Gasteiger partial charge is 0.322 e. The lowest BCUT2D eigenvalue weighted by Gasteiger charge is -2.07. The van der Waals surface area contributed by atoms with Gasteiger partial charge in [0.15, 0.2) is 5.65 Å². The number of carbonyl (C=O) groups excluding carboxylic acids is 3. The normalized spacial score (nSPS) is 13.0. The fraction of sp³-hybridized carbons (Fsp3) is 0.0870. The second-order valence-electron chi connectivity index (χ2n) is 7.31. The molecule has 1 N–H and O–H groups in total. The van der Waals surface area contributed by atoms with Gasteiger partial charge in [-0.1, -0.05) is 30.3 Å². The Hall–Kier alpha value is -4.33. The SMILES string of the molecule is CN1C(=O)c2ccc(NC(=O)c3cnc4c(cnn4Cc4ccccc4)c3)cc2C1=O. The molecule has 1 aliphatic heterocycles. The molecule has 152 valence electrons. The van der Waals surface area contributed by atoms with Crippen LogP contribution < -0.4 is 5.32 Å². The zero-order chi connectivity index (χ0) is 21.5. The zero-order valence-corrected chi connectivity index (χ0v) is 16.6. The molecule has 4 aromatic rings. The van der Waals surface area contributed by atoms with Crippen LogP contribution in [0, 0.1) is 0 Å². The Morgan fingerprint density at radius 3 is 2.55 bits per heavy atom. The fourth-order valence-corrected chi connectivity index (χ4v) is 3.61. The Balaban J connectivity index is 1.37. The van der Waals surface area contributed by atoms with Gasteiger partial charge >= 0.3 is 0 Å². The van der Waals surface area contributed by atoms with Crippen molar-refractivity contribution in [2.75, 3.05) is 12.4 Å². The van der Waals surface area contributed by atoms with E-state index in [2.05, 4.69) is 15.4 Å². The number of rotatable bonds is 4. The van der Waals surface area contributed by atoms with Gasteiger partial charge in [-0.25, -0.2) is 9.67 Å². The number of imide groups is 1. The standard InChI is InChI=1S/C23H17N5O3/c1-27-22(30)18-8-7-17(10-19(18)23(27)31)26-21(29)16-9-15-12-25-28(20(15)24-11-16)13-14-5-3-2-4-6-14/h2-12H,13H2,1H3,(H,26,29). The first-order valence-electron chi connectivity index (χ1n) is 9.64. The molecule has 0 saturated carbocycles. The van der Waals surface area contributed by atoms with Crippen molar-refractivity contribution >= 4 is 34.4 Å². The number of carbonyl (C=O) groups is 3. The first-order valence-corrected chi connectivity index (χ1v) is 9.64. The van der Waals surface area contributed by atoms with E-state index in [0.29, 0.717) is 29.0 Å². The van der Waals surface area contributed by atoms with Crippen LogP contribution in [-0.2, 0) is 6.54 Å². The first kappa shape index (κ1) is 18.7. The molecule has 1 aliphatic rings. The van der Waals surface area contributed by atoms with E-state index >= 15 is 0 Å². The van der Waals surface area contributed by atoms with Crippen LogP contribution in [0.1, 0.15) is 36.6 Å². The lowest BCUT2D eigenvalue weighted by Crippen LogP contribution is -2.24. The first-order chi connectivity index (χ1) is 15.0. The monoisotopic (exact) mass is 411 g/mol. The van der Waals surface area contributed by atoms with Crippen LogP contribution in [0.2, 0.25) is 0 Å². The number of pyridine rings is 1. The van der Waals surface area contributed by atoms with Gasteiger partial charge in [0.1, 0.15) is 0 Å². The van der Waals surface area contributed by atoms with Crippen molar-refractivity contribution in [2.45, 2.75) is 6.54 Å². The van der Waals surface area contributed by atoms with E-state index in [9.17, 15) is 14.4 Å². The Bertz CT molecular complexity index is 1360. The van der Waals surface area contributed by atoms with Crippen molar-refractivity contribution in [3.63, 3.8) is 0 Å². The number of amides is 3. The van der Waals surface area contributed by atoms with Crippen LogP contribution >= 0.6 is 0 Å². The zero-order valence-electron chi connectivity index (χ0n) is 16.6. The van der Waals surface area contributed by atoms with Crippen LogP contribution in [0.4, 0.5) is 5.69 Å². The average Bonchev–Trinajstić information content (AvgIpc) is 3.28. The number of aromatic nitrogens is 3. The third-order valence-corrected chi connectivity index (χ3v) is 5.26. The maximum Gasteiger partial charge on any atom is 0.261 e. The van der Waals surface area contributed by atoms with E-state index < -0.39 is 0 Å². The predicted molar refractivity (Wildman–Crippen MR) is 114 cm³/mol. The molecule has 0 aliphatic carbocycles. The molecule has 0 atom stereocenters. The van der Waals surface area contributed by atoms with Crippen molar-refractivity contribution in [1.82, 2.24) is 19.7 Å². The van der Waals surface area contributed by atoms with Gasteiger partial charge in [-0.15, -0.1) is 0 Å². The summed E-state index contributed by atoms with van der Waals surface area (Å²) in [5.74, 6) is -1.10. The van der Waals surface area contributed by atoms with Crippen molar-refractivity contribution < 1.29 is 14.4 Å². The van der Waals surface area contributed by atoms with Crippen LogP contribution in [0.15, 0.2) is 67.0 Å². The highest BCUT2D eigenvalue weighted by Gasteiger charge is 2.32. The third-order valence-electron chi connectivity index (χ3n) is 5.26. The Morgan fingerprint density at radius 1 is 0.968 bits per heavy atom. The molecular formula is C23H17N5O3. The second kappa shape index (κ2) is 7.17. The van der Waals surface area contributed by atoms with E-state index in [4.69, 9.17) is 0 Å². The average molecular weight is 411 g/mol. The van der Waals surface area contributed by atoms with Gasteiger partial charge in [0.25, 0.3) is 17.7 Å². The van der Waals surface area contributed by atoms with Gasteiger partial charge in [0.2, 0.25) is 0 Å². The minimum Gasteiger partial charge on any atom is -0.322 e. The van der Waals surface area contributed by atoms with Gasteiger partial charge < -0.3 is 5.32 Å². The summed E-state index contributed by atoms with van der Waals surface area (Å²) in [5, 5.41) is 7.90. The van der Waals surface area contributed by atoms with E-state index in [1.807, 2.05) is 30.3 Å². The number of nitrogens with zero attached hydrogens (tertiary/aromatic N) is 4. The molecule has 0 radical (unpaired) electrons. The fourth-order valence-electron chi connectivity index (χ4n) is 3.61. The summed E-state index contributed by atoms with van der Waals surface area (Å²) < 4.78 is 1.78. The molecule has 0 saturated heterocycles. The maximum atomic E-state index is 12.7. The molecule has 0 bridgehead atoms. The minimum absolute atomic E-state index is 0.279. The molecule has 0 spiro atoms. The van der Waals surface area contributed by atoms with Gasteiger partial charge in [0, 0.05) is 24.3 Å².